The van der Waals surface area contributed by atoms with Gasteiger partial charge in [0, 0.05) is 22.9 Å². The molecule has 110 valence electrons. The van der Waals surface area contributed by atoms with E-state index in [4.69, 9.17) is 15.2 Å². The summed E-state index contributed by atoms with van der Waals surface area (Å²) in [6, 6.07) is 13.1. The second-order valence-corrected chi connectivity index (χ2v) is 6.43. The number of hydrogen-bond acceptors (Lipinski definition) is 4. The van der Waals surface area contributed by atoms with Crippen molar-refractivity contribution in [2.45, 2.75) is 10.8 Å². The highest BCUT2D eigenvalue weighted by Crippen LogP contribution is 2.35. The molecule has 0 aromatic heterocycles. The van der Waals surface area contributed by atoms with Crippen molar-refractivity contribution >= 4 is 16.5 Å². The highest BCUT2D eigenvalue weighted by atomic mass is 32.2. The standard InChI is InChI=1S/C16H17NO3S/c1-19-12-6-7-14(17)16(8-12)21(18)10-11-9-20-15-5-3-2-4-13(11)15/h2-8,11H,9-10,17H2,1H3. The van der Waals surface area contributed by atoms with E-state index in [1.807, 2.05) is 24.3 Å². The van der Waals surface area contributed by atoms with Gasteiger partial charge in [-0.15, -0.1) is 0 Å². The van der Waals surface area contributed by atoms with Crippen molar-refractivity contribution in [1.82, 2.24) is 0 Å². The molecule has 1 heterocycles. The van der Waals surface area contributed by atoms with Gasteiger partial charge in [-0.25, -0.2) is 0 Å². The van der Waals surface area contributed by atoms with E-state index >= 15 is 0 Å². The summed E-state index contributed by atoms with van der Waals surface area (Å²) in [7, 11) is 0.394. The van der Waals surface area contributed by atoms with Crippen molar-refractivity contribution in [3.8, 4) is 11.5 Å². The molecule has 0 amide bonds. The smallest absolute Gasteiger partial charge is 0.122 e. The largest absolute Gasteiger partial charge is 0.497 e. The van der Waals surface area contributed by atoms with E-state index in [2.05, 4.69) is 0 Å². The Morgan fingerprint density at radius 3 is 2.95 bits per heavy atom. The van der Waals surface area contributed by atoms with E-state index in [9.17, 15) is 4.21 Å². The summed E-state index contributed by atoms with van der Waals surface area (Å²) < 4.78 is 23.4. The Morgan fingerprint density at radius 2 is 2.14 bits per heavy atom. The van der Waals surface area contributed by atoms with Crippen molar-refractivity contribution in [3.05, 3.63) is 48.0 Å². The van der Waals surface area contributed by atoms with Gasteiger partial charge in [-0.1, -0.05) is 18.2 Å². The molecule has 2 aromatic rings. The van der Waals surface area contributed by atoms with Gasteiger partial charge >= 0.3 is 0 Å². The second kappa shape index (κ2) is 5.77. The molecule has 2 atom stereocenters. The summed E-state index contributed by atoms with van der Waals surface area (Å²) in [6.45, 7) is 0.564. The maximum absolute atomic E-state index is 12.6. The van der Waals surface area contributed by atoms with Crippen LogP contribution in [0.2, 0.25) is 0 Å². The van der Waals surface area contributed by atoms with Gasteiger partial charge in [0.15, 0.2) is 0 Å². The van der Waals surface area contributed by atoms with Crippen molar-refractivity contribution < 1.29 is 13.7 Å². The van der Waals surface area contributed by atoms with Gasteiger partial charge in [-0.2, -0.15) is 0 Å². The molecular weight excluding hydrogens is 286 g/mol. The summed E-state index contributed by atoms with van der Waals surface area (Å²) in [6.07, 6.45) is 0. The molecule has 2 unspecified atom stereocenters. The second-order valence-electron chi connectivity index (χ2n) is 4.96. The van der Waals surface area contributed by atoms with Crippen LogP contribution >= 0.6 is 0 Å². The fourth-order valence-electron chi connectivity index (χ4n) is 2.48. The zero-order valence-corrected chi connectivity index (χ0v) is 12.6. The average molecular weight is 303 g/mol. The van der Waals surface area contributed by atoms with Crippen LogP contribution in [-0.4, -0.2) is 23.7 Å². The third kappa shape index (κ3) is 2.74. The van der Waals surface area contributed by atoms with E-state index in [0.29, 0.717) is 28.7 Å². The summed E-state index contributed by atoms with van der Waals surface area (Å²) in [5.41, 5.74) is 7.58. The third-order valence-electron chi connectivity index (χ3n) is 3.62. The van der Waals surface area contributed by atoms with Gasteiger partial charge in [0.05, 0.1) is 29.4 Å². The highest BCUT2D eigenvalue weighted by Gasteiger charge is 2.26. The van der Waals surface area contributed by atoms with Crippen molar-refractivity contribution in [2.24, 2.45) is 0 Å². The minimum Gasteiger partial charge on any atom is -0.497 e. The monoisotopic (exact) mass is 303 g/mol. The summed E-state index contributed by atoms with van der Waals surface area (Å²) >= 11 is 0. The fraction of sp³-hybridized carbons (Fsp3) is 0.250. The van der Waals surface area contributed by atoms with E-state index in [0.717, 1.165) is 11.3 Å². The minimum absolute atomic E-state index is 0.132. The molecule has 1 aliphatic rings. The third-order valence-corrected chi connectivity index (χ3v) is 5.17. The topological polar surface area (TPSA) is 61.5 Å². The van der Waals surface area contributed by atoms with Gasteiger partial charge in [0.1, 0.15) is 11.5 Å². The molecule has 0 fully saturated rings. The Kier molecular flexibility index (Phi) is 3.84. The van der Waals surface area contributed by atoms with Crippen molar-refractivity contribution in [2.75, 3.05) is 25.2 Å². The molecule has 0 aliphatic carbocycles. The Labute approximate surface area is 126 Å². The van der Waals surface area contributed by atoms with Gasteiger partial charge < -0.3 is 15.2 Å². The molecule has 4 nitrogen and oxygen atoms in total. The minimum atomic E-state index is -1.19. The zero-order valence-electron chi connectivity index (χ0n) is 11.7. The number of rotatable bonds is 4. The van der Waals surface area contributed by atoms with Gasteiger partial charge in [0.2, 0.25) is 0 Å². The summed E-state index contributed by atoms with van der Waals surface area (Å²) in [4.78, 5) is 0.624. The molecular formula is C16H17NO3S. The van der Waals surface area contributed by atoms with Crippen LogP contribution in [0.1, 0.15) is 11.5 Å². The average Bonchev–Trinajstić information content (AvgIpc) is 2.91. The van der Waals surface area contributed by atoms with Crippen LogP contribution in [-0.2, 0) is 10.8 Å². The molecule has 2 N–H and O–H groups in total. The molecule has 2 aromatic carbocycles. The highest BCUT2D eigenvalue weighted by molar-refractivity contribution is 7.85. The van der Waals surface area contributed by atoms with Gasteiger partial charge in [0.25, 0.3) is 0 Å². The molecule has 0 saturated carbocycles. The van der Waals surface area contributed by atoms with Crippen LogP contribution in [0.5, 0.6) is 11.5 Å². The fourth-order valence-corrected chi connectivity index (χ4v) is 3.88. The first-order valence-electron chi connectivity index (χ1n) is 6.72. The number of fused-ring (bicyclic) bond motifs is 1. The Balaban J connectivity index is 1.82. The molecule has 0 spiro atoms. The number of nitrogen functional groups attached to an aromatic ring is 1. The van der Waals surface area contributed by atoms with Crippen LogP contribution in [0.15, 0.2) is 47.4 Å². The first-order valence-corrected chi connectivity index (χ1v) is 8.04. The predicted molar refractivity (Wildman–Crippen MR) is 83.4 cm³/mol. The summed E-state index contributed by atoms with van der Waals surface area (Å²) in [5.74, 6) is 2.18. The lowest BCUT2D eigenvalue weighted by atomic mass is 10.0. The number of anilines is 1. The number of para-hydroxylation sites is 1. The van der Waals surface area contributed by atoms with Crippen LogP contribution < -0.4 is 15.2 Å². The first kappa shape index (κ1) is 13.9. The van der Waals surface area contributed by atoms with Gasteiger partial charge in [-0.05, 0) is 24.3 Å². The van der Waals surface area contributed by atoms with Crippen LogP contribution in [0.4, 0.5) is 5.69 Å². The Hall–Kier alpha value is -2.01. The van der Waals surface area contributed by atoms with Crippen molar-refractivity contribution in [1.29, 1.82) is 0 Å². The Bertz CT molecular complexity index is 687. The quantitative estimate of drug-likeness (QED) is 0.882. The van der Waals surface area contributed by atoms with Crippen LogP contribution in [0, 0.1) is 0 Å². The van der Waals surface area contributed by atoms with E-state index < -0.39 is 10.8 Å². The maximum atomic E-state index is 12.6. The van der Waals surface area contributed by atoms with E-state index in [-0.39, 0.29) is 5.92 Å². The van der Waals surface area contributed by atoms with Crippen LogP contribution in [0.25, 0.3) is 0 Å². The Morgan fingerprint density at radius 1 is 1.33 bits per heavy atom. The maximum Gasteiger partial charge on any atom is 0.122 e. The lowest BCUT2D eigenvalue weighted by Crippen LogP contribution is -2.12. The lowest BCUT2D eigenvalue weighted by molar-refractivity contribution is 0.338. The zero-order chi connectivity index (χ0) is 14.8. The molecule has 3 rings (SSSR count). The number of ether oxygens (including phenoxy) is 2. The molecule has 0 radical (unpaired) electrons. The van der Waals surface area contributed by atoms with Gasteiger partial charge in [-0.3, -0.25) is 4.21 Å². The van der Waals surface area contributed by atoms with Crippen molar-refractivity contribution in [3.63, 3.8) is 0 Å². The molecule has 0 bridgehead atoms. The van der Waals surface area contributed by atoms with Crippen LogP contribution in [0.3, 0.4) is 0 Å². The predicted octanol–water partition coefficient (Wildman–Crippen LogP) is 2.56. The summed E-state index contributed by atoms with van der Waals surface area (Å²) in [5, 5.41) is 0. The number of methoxy groups -OCH3 is 1. The van der Waals surface area contributed by atoms with E-state index in [1.54, 1.807) is 25.3 Å². The molecule has 0 saturated heterocycles. The number of benzene rings is 2. The number of hydrogen-bond donors (Lipinski definition) is 1. The normalized spacial score (nSPS) is 17.9. The molecule has 21 heavy (non-hydrogen) atoms. The molecule has 5 heteroatoms. The van der Waals surface area contributed by atoms with E-state index in [1.165, 1.54) is 0 Å². The first-order chi connectivity index (χ1) is 10.2. The molecule has 1 aliphatic heterocycles. The lowest BCUT2D eigenvalue weighted by Gasteiger charge is -2.11. The number of nitrogens with two attached hydrogens (primary N) is 1. The SMILES string of the molecule is COc1ccc(N)c(S(=O)CC2COc3ccccc32)c1.